The molecule has 1 saturated heterocycles. The summed E-state index contributed by atoms with van der Waals surface area (Å²) in [5.41, 5.74) is -0.458. The highest BCUT2D eigenvalue weighted by atomic mass is 16.5. The van der Waals surface area contributed by atoms with E-state index in [-0.39, 0.29) is 17.2 Å². The lowest BCUT2D eigenvalue weighted by atomic mass is 9.79. The summed E-state index contributed by atoms with van der Waals surface area (Å²) in [6.45, 7) is 11.6. The topological polar surface area (TPSA) is 41.9 Å². The summed E-state index contributed by atoms with van der Waals surface area (Å²) in [4.78, 5) is 11.2. The molecule has 1 aliphatic heterocycles. The first kappa shape index (κ1) is 18.7. The van der Waals surface area contributed by atoms with E-state index in [1.807, 2.05) is 0 Å². The minimum atomic E-state index is -0.229. The van der Waals surface area contributed by atoms with Crippen molar-refractivity contribution in [3.05, 3.63) is 4.91 Å². The van der Waals surface area contributed by atoms with Crippen molar-refractivity contribution in [2.24, 2.45) is 17.1 Å². The van der Waals surface area contributed by atoms with Gasteiger partial charge in [0.15, 0.2) is 0 Å². The molecule has 0 spiro atoms. The van der Waals surface area contributed by atoms with E-state index in [9.17, 15) is 4.91 Å². The Bertz CT molecular complexity index is 369. The summed E-state index contributed by atoms with van der Waals surface area (Å²) in [6.07, 6.45) is 10.1. The van der Waals surface area contributed by atoms with Gasteiger partial charge < -0.3 is 4.74 Å². The van der Waals surface area contributed by atoms with Gasteiger partial charge in [-0.3, -0.25) is 0 Å². The fourth-order valence-electron chi connectivity index (χ4n) is 4.88. The lowest BCUT2D eigenvalue weighted by Gasteiger charge is -2.51. The number of nitroso groups, excluding NO2 is 1. The van der Waals surface area contributed by atoms with Crippen molar-refractivity contribution in [2.75, 3.05) is 6.61 Å². The zero-order valence-corrected chi connectivity index (χ0v) is 15.8. The highest BCUT2D eigenvalue weighted by Crippen LogP contribution is 2.40. The van der Waals surface area contributed by atoms with E-state index in [4.69, 9.17) is 4.74 Å². The smallest absolute Gasteiger partial charge is 0.0620 e. The Kier molecular flexibility index (Phi) is 6.10. The van der Waals surface area contributed by atoms with Crippen molar-refractivity contribution in [2.45, 2.75) is 103 Å². The standard InChI is InChI=1S/C19H36N2O2/c1-6-7-15-8-10-16(11-9-15)14-23-17-12-18(2,3)21(20-22)19(4,5)13-17/h15-17H,6-14H2,1-5H3. The number of ether oxygens (including phenoxy) is 1. The lowest BCUT2D eigenvalue weighted by Crippen LogP contribution is -2.59. The molecule has 0 aromatic heterocycles. The summed E-state index contributed by atoms with van der Waals surface area (Å²) in [5.74, 6) is 1.69. The van der Waals surface area contributed by atoms with Gasteiger partial charge in [-0.15, -0.1) is 4.91 Å². The molecule has 0 amide bonds. The Labute approximate surface area is 142 Å². The van der Waals surface area contributed by atoms with E-state index in [2.05, 4.69) is 39.9 Å². The average Bonchev–Trinajstić information content (AvgIpc) is 2.45. The maximum absolute atomic E-state index is 11.2. The van der Waals surface area contributed by atoms with Gasteiger partial charge in [0.1, 0.15) is 0 Å². The van der Waals surface area contributed by atoms with Crippen molar-refractivity contribution in [3.63, 3.8) is 0 Å². The molecule has 0 aromatic carbocycles. The van der Waals surface area contributed by atoms with Crippen LogP contribution in [0.3, 0.4) is 0 Å². The predicted octanol–water partition coefficient (Wildman–Crippen LogP) is 5.31. The highest BCUT2D eigenvalue weighted by Gasteiger charge is 2.46. The van der Waals surface area contributed by atoms with Crippen LogP contribution < -0.4 is 0 Å². The van der Waals surface area contributed by atoms with Crippen molar-refractivity contribution in [1.29, 1.82) is 0 Å². The quantitative estimate of drug-likeness (QED) is 0.622. The third kappa shape index (κ3) is 4.68. The van der Waals surface area contributed by atoms with Crippen molar-refractivity contribution < 1.29 is 4.74 Å². The summed E-state index contributed by atoms with van der Waals surface area (Å²) in [5, 5.41) is 5.02. The number of hydrogen-bond acceptors (Lipinski definition) is 3. The third-order valence-electron chi connectivity index (χ3n) is 5.91. The van der Waals surface area contributed by atoms with E-state index >= 15 is 0 Å². The highest BCUT2D eigenvalue weighted by molar-refractivity contribution is 4.99. The molecule has 2 fully saturated rings. The van der Waals surface area contributed by atoms with Gasteiger partial charge in [0.25, 0.3) is 0 Å². The van der Waals surface area contributed by atoms with E-state index in [1.165, 1.54) is 38.5 Å². The molecule has 0 aromatic rings. The van der Waals surface area contributed by atoms with Crippen molar-refractivity contribution in [3.8, 4) is 0 Å². The van der Waals surface area contributed by atoms with Gasteiger partial charge in [0.2, 0.25) is 0 Å². The van der Waals surface area contributed by atoms with Gasteiger partial charge in [-0.1, -0.05) is 32.6 Å². The first-order valence-electron chi connectivity index (χ1n) is 9.53. The molecule has 134 valence electrons. The minimum absolute atomic E-state index is 0.229. The first-order valence-corrected chi connectivity index (χ1v) is 9.53. The Morgan fingerprint density at radius 2 is 1.52 bits per heavy atom. The number of nitrogens with zero attached hydrogens (tertiary/aromatic N) is 2. The fourth-order valence-corrected chi connectivity index (χ4v) is 4.88. The van der Waals surface area contributed by atoms with Gasteiger partial charge in [-0.25, -0.2) is 5.01 Å². The van der Waals surface area contributed by atoms with Crippen LogP contribution in [0, 0.1) is 16.7 Å². The Hall–Kier alpha value is -0.640. The second-order valence-electron chi connectivity index (χ2n) is 9.06. The molecule has 1 saturated carbocycles. The Morgan fingerprint density at radius 1 is 1.00 bits per heavy atom. The van der Waals surface area contributed by atoms with E-state index < -0.39 is 0 Å². The largest absolute Gasteiger partial charge is 0.378 e. The second kappa shape index (κ2) is 7.50. The van der Waals surface area contributed by atoms with Crippen molar-refractivity contribution in [1.82, 2.24) is 5.01 Å². The van der Waals surface area contributed by atoms with Crippen LogP contribution in [-0.4, -0.2) is 28.8 Å². The molecule has 0 atom stereocenters. The normalized spacial score (nSPS) is 31.1. The fraction of sp³-hybridized carbons (Fsp3) is 1.00. The van der Waals surface area contributed by atoms with Crippen LogP contribution in [0.1, 0.15) is 86.0 Å². The van der Waals surface area contributed by atoms with Gasteiger partial charge in [-0.2, -0.15) is 0 Å². The molecule has 4 heteroatoms. The maximum Gasteiger partial charge on any atom is 0.0620 e. The Morgan fingerprint density at radius 3 is 2.00 bits per heavy atom. The van der Waals surface area contributed by atoms with E-state index in [0.29, 0.717) is 0 Å². The SMILES string of the molecule is CCCC1CCC(COC2CC(C)(C)N(N=O)C(C)(C)C2)CC1. The van der Waals surface area contributed by atoms with Crippen LogP contribution in [0.2, 0.25) is 0 Å². The first-order chi connectivity index (χ1) is 10.8. The van der Waals surface area contributed by atoms with Crippen molar-refractivity contribution >= 4 is 0 Å². The monoisotopic (exact) mass is 324 g/mol. The predicted molar refractivity (Wildman–Crippen MR) is 95.1 cm³/mol. The molecule has 1 heterocycles. The van der Waals surface area contributed by atoms with E-state index in [1.54, 1.807) is 5.01 Å². The molecular formula is C19H36N2O2. The Balaban J connectivity index is 1.82. The van der Waals surface area contributed by atoms with E-state index in [0.717, 1.165) is 31.3 Å². The van der Waals surface area contributed by atoms with Crippen LogP contribution in [0.15, 0.2) is 5.29 Å². The third-order valence-corrected chi connectivity index (χ3v) is 5.91. The molecule has 2 rings (SSSR count). The average molecular weight is 325 g/mol. The molecule has 2 aliphatic rings. The van der Waals surface area contributed by atoms with Gasteiger partial charge in [0, 0.05) is 6.61 Å². The lowest BCUT2D eigenvalue weighted by molar-refractivity contribution is -0.111. The van der Waals surface area contributed by atoms with Gasteiger partial charge in [0.05, 0.1) is 22.5 Å². The molecule has 0 unspecified atom stereocenters. The molecule has 0 radical (unpaired) electrons. The minimum Gasteiger partial charge on any atom is -0.378 e. The van der Waals surface area contributed by atoms with Crippen LogP contribution in [0.4, 0.5) is 0 Å². The van der Waals surface area contributed by atoms with Crippen LogP contribution in [0.25, 0.3) is 0 Å². The van der Waals surface area contributed by atoms with Crippen LogP contribution in [-0.2, 0) is 4.74 Å². The molecule has 4 nitrogen and oxygen atoms in total. The molecule has 0 bridgehead atoms. The second-order valence-corrected chi connectivity index (χ2v) is 9.06. The molecule has 0 N–H and O–H groups in total. The molecular weight excluding hydrogens is 288 g/mol. The zero-order chi connectivity index (χ0) is 17.1. The number of piperidine rings is 1. The maximum atomic E-state index is 11.2. The zero-order valence-electron chi connectivity index (χ0n) is 15.8. The summed E-state index contributed by atoms with van der Waals surface area (Å²) in [6, 6.07) is 0. The summed E-state index contributed by atoms with van der Waals surface area (Å²) < 4.78 is 6.31. The van der Waals surface area contributed by atoms with Crippen LogP contribution in [0.5, 0.6) is 0 Å². The van der Waals surface area contributed by atoms with Crippen LogP contribution >= 0.6 is 0 Å². The molecule has 23 heavy (non-hydrogen) atoms. The number of rotatable bonds is 6. The molecule has 1 aliphatic carbocycles. The number of hydrogen-bond donors (Lipinski definition) is 0. The van der Waals surface area contributed by atoms with Gasteiger partial charge >= 0.3 is 0 Å². The summed E-state index contributed by atoms with van der Waals surface area (Å²) in [7, 11) is 0. The van der Waals surface area contributed by atoms with Gasteiger partial charge in [-0.05, 0) is 65.2 Å². The summed E-state index contributed by atoms with van der Waals surface area (Å²) >= 11 is 0.